The van der Waals surface area contributed by atoms with Crippen molar-refractivity contribution in [2.24, 2.45) is 4.99 Å². The van der Waals surface area contributed by atoms with E-state index < -0.39 is 0 Å². The molecule has 5 nitrogen and oxygen atoms in total. The number of ether oxygens (including phenoxy) is 1. The molecule has 25 heavy (non-hydrogen) atoms. The molecule has 1 fully saturated rings. The average Bonchev–Trinajstić information content (AvgIpc) is 2.60. The Bertz CT molecular complexity index is 516. The van der Waals surface area contributed by atoms with Crippen LogP contribution in [0.15, 0.2) is 29.3 Å². The van der Waals surface area contributed by atoms with E-state index in [0.29, 0.717) is 19.2 Å². The van der Waals surface area contributed by atoms with Gasteiger partial charge in [0.15, 0.2) is 5.96 Å². The summed E-state index contributed by atoms with van der Waals surface area (Å²) < 4.78 is 5.92. The fourth-order valence-electron chi connectivity index (χ4n) is 2.94. The predicted octanol–water partition coefficient (Wildman–Crippen LogP) is 3.24. The zero-order valence-corrected chi connectivity index (χ0v) is 18.1. The van der Waals surface area contributed by atoms with E-state index in [4.69, 9.17) is 4.74 Å². The van der Waals surface area contributed by atoms with Gasteiger partial charge in [-0.05, 0) is 33.0 Å². The van der Waals surface area contributed by atoms with Gasteiger partial charge in [0.05, 0.1) is 0 Å². The van der Waals surface area contributed by atoms with Gasteiger partial charge in [-0.25, -0.2) is 0 Å². The molecule has 2 rings (SSSR count). The van der Waals surface area contributed by atoms with E-state index in [0.717, 1.165) is 23.8 Å². The van der Waals surface area contributed by atoms with Crippen molar-refractivity contribution in [3.8, 4) is 5.75 Å². The minimum Gasteiger partial charge on any atom is -0.492 e. The van der Waals surface area contributed by atoms with Gasteiger partial charge in [0.2, 0.25) is 0 Å². The van der Waals surface area contributed by atoms with Gasteiger partial charge in [-0.2, -0.15) is 0 Å². The first-order chi connectivity index (χ1) is 11.7. The number of hydrogen-bond donors (Lipinski definition) is 2. The van der Waals surface area contributed by atoms with Crippen molar-refractivity contribution >= 4 is 29.9 Å². The molecule has 1 saturated carbocycles. The topological polar surface area (TPSA) is 48.9 Å². The van der Waals surface area contributed by atoms with E-state index in [1.165, 1.54) is 32.1 Å². The molecule has 0 heterocycles. The Morgan fingerprint density at radius 3 is 2.60 bits per heavy atom. The lowest BCUT2D eigenvalue weighted by Gasteiger charge is -2.25. The predicted molar refractivity (Wildman–Crippen MR) is 116 cm³/mol. The van der Waals surface area contributed by atoms with E-state index in [2.05, 4.69) is 40.7 Å². The Hall–Kier alpha value is -1.02. The third-order valence-corrected chi connectivity index (χ3v) is 4.38. The summed E-state index contributed by atoms with van der Waals surface area (Å²) in [5, 5.41) is 6.97. The molecule has 1 aromatic carbocycles. The lowest BCUT2D eigenvalue weighted by molar-refractivity contribution is 0.259. The number of nitrogens with zero attached hydrogens (tertiary/aromatic N) is 2. The molecule has 6 heteroatoms. The van der Waals surface area contributed by atoms with E-state index in [9.17, 15) is 0 Å². The zero-order valence-electron chi connectivity index (χ0n) is 15.8. The van der Waals surface area contributed by atoms with Gasteiger partial charge >= 0.3 is 0 Å². The van der Waals surface area contributed by atoms with Gasteiger partial charge in [0, 0.05) is 31.7 Å². The molecule has 1 aliphatic rings. The van der Waals surface area contributed by atoms with Crippen molar-refractivity contribution in [3.05, 3.63) is 29.8 Å². The summed E-state index contributed by atoms with van der Waals surface area (Å²) in [6.45, 7) is 2.32. The van der Waals surface area contributed by atoms with Crippen LogP contribution in [0.2, 0.25) is 0 Å². The van der Waals surface area contributed by atoms with Crippen molar-refractivity contribution in [3.63, 3.8) is 0 Å². The minimum absolute atomic E-state index is 0. The fourth-order valence-corrected chi connectivity index (χ4v) is 2.94. The molecule has 0 aromatic heterocycles. The van der Waals surface area contributed by atoms with Crippen LogP contribution in [0.25, 0.3) is 0 Å². The van der Waals surface area contributed by atoms with Crippen LogP contribution < -0.4 is 15.4 Å². The Morgan fingerprint density at radius 1 is 1.20 bits per heavy atom. The number of likely N-dealkylation sites (N-methyl/N-ethyl adjacent to an activating group) is 1. The number of benzene rings is 1. The lowest BCUT2D eigenvalue weighted by atomic mass is 9.96. The first-order valence-electron chi connectivity index (χ1n) is 9.01. The smallest absolute Gasteiger partial charge is 0.191 e. The summed E-state index contributed by atoms with van der Waals surface area (Å²) in [6, 6.07) is 8.75. The van der Waals surface area contributed by atoms with E-state index >= 15 is 0 Å². The van der Waals surface area contributed by atoms with Crippen LogP contribution in [0.5, 0.6) is 5.75 Å². The minimum atomic E-state index is 0. The standard InChI is InChI=1S/C19H32N4O.HI/c1-20-19(22-17-10-5-4-6-11-17)21-15-16-9-7-8-12-18(16)24-14-13-23(2)3;/h7-9,12,17H,4-6,10-11,13-15H2,1-3H3,(H2,20,21,22);1H. The highest BCUT2D eigenvalue weighted by Crippen LogP contribution is 2.18. The van der Waals surface area contributed by atoms with E-state index in [1.807, 2.05) is 25.2 Å². The fraction of sp³-hybridized carbons (Fsp3) is 0.632. The summed E-state index contributed by atoms with van der Waals surface area (Å²) in [4.78, 5) is 6.48. The second-order valence-electron chi connectivity index (χ2n) is 6.66. The molecule has 0 amide bonds. The molecule has 1 aliphatic carbocycles. The Kier molecular flexibility index (Phi) is 10.9. The highest BCUT2D eigenvalue weighted by Gasteiger charge is 2.14. The normalized spacial score (nSPS) is 15.6. The molecule has 0 radical (unpaired) electrons. The largest absolute Gasteiger partial charge is 0.492 e. The van der Waals surface area contributed by atoms with Crippen LogP contribution in [0.3, 0.4) is 0 Å². The van der Waals surface area contributed by atoms with Crippen LogP contribution in [0, 0.1) is 0 Å². The van der Waals surface area contributed by atoms with E-state index in [1.54, 1.807) is 0 Å². The Labute approximate surface area is 169 Å². The molecular weight excluding hydrogens is 427 g/mol. The first-order valence-corrected chi connectivity index (χ1v) is 9.01. The van der Waals surface area contributed by atoms with Gasteiger partial charge < -0.3 is 20.3 Å². The first kappa shape index (κ1) is 22.0. The number of nitrogens with one attached hydrogen (secondary N) is 2. The number of guanidine groups is 1. The lowest BCUT2D eigenvalue weighted by Crippen LogP contribution is -2.43. The molecule has 2 N–H and O–H groups in total. The Morgan fingerprint density at radius 2 is 1.92 bits per heavy atom. The van der Waals surface area contributed by atoms with Crippen LogP contribution in [-0.4, -0.2) is 51.2 Å². The second-order valence-corrected chi connectivity index (χ2v) is 6.66. The molecule has 1 aromatic rings. The third-order valence-electron chi connectivity index (χ3n) is 4.38. The van der Waals surface area contributed by atoms with Crippen LogP contribution >= 0.6 is 24.0 Å². The molecule has 142 valence electrons. The molecular formula is C19H33IN4O. The Balaban J connectivity index is 0.00000312. The maximum Gasteiger partial charge on any atom is 0.191 e. The molecule has 0 atom stereocenters. The molecule has 0 bridgehead atoms. The number of rotatable bonds is 7. The van der Waals surface area contributed by atoms with Crippen LogP contribution in [-0.2, 0) is 6.54 Å². The maximum atomic E-state index is 5.92. The summed E-state index contributed by atoms with van der Waals surface area (Å²) in [5.41, 5.74) is 1.16. The monoisotopic (exact) mass is 460 g/mol. The maximum absolute atomic E-state index is 5.92. The SMILES string of the molecule is CN=C(NCc1ccccc1OCCN(C)C)NC1CCCCC1.I. The highest BCUT2D eigenvalue weighted by atomic mass is 127. The number of para-hydroxylation sites is 1. The summed E-state index contributed by atoms with van der Waals surface area (Å²) in [6.07, 6.45) is 6.48. The quantitative estimate of drug-likeness (QED) is 0.373. The van der Waals surface area contributed by atoms with Gasteiger partial charge in [0.1, 0.15) is 12.4 Å². The number of halogens is 1. The summed E-state index contributed by atoms with van der Waals surface area (Å²) in [7, 11) is 5.94. The number of hydrogen-bond acceptors (Lipinski definition) is 3. The molecule has 0 spiro atoms. The van der Waals surface area contributed by atoms with Crippen molar-refractivity contribution in [2.75, 3.05) is 34.3 Å². The van der Waals surface area contributed by atoms with Crippen LogP contribution in [0.1, 0.15) is 37.7 Å². The van der Waals surface area contributed by atoms with Crippen molar-refractivity contribution < 1.29 is 4.74 Å². The van der Waals surface area contributed by atoms with Gasteiger partial charge in [0.25, 0.3) is 0 Å². The summed E-state index contributed by atoms with van der Waals surface area (Å²) in [5.74, 6) is 1.82. The second kappa shape index (κ2) is 12.4. The molecule has 0 saturated heterocycles. The zero-order chi connectivity index (χ0) is 17.2. The van der Waals surface area contributed by atoms with Crippen molar-refractivity contribution in [2.45, 2.75) is 44.7 Å². The average molecular weight is 460 g/mol. The van der Waals surface area contributed by atoms with Crippen LogP contribution in [0.4, 0.5) is 0 Å². The van der Waals surface area contributed by atoms with Crippen molar-refractivity contribution in [1.82, 2.24) is 15.5 Å². The van der Waals surface area contributed by atoms with Gasteiger partial charge in [-0.1, -0.05) is 37.5 Å². The third kappa shape index (κ3) is 8.27. The number of aliphatic imine (C=N–C) groups is 1. The summed E-state index contributed by atoms with van der Waals surface area (Å²) >= 11 is 0. The van der Waals surface area contributed by atoms with Gasteiger partial charge in [-0.15, -0.1) is 24.0 Å². The highest BCUT2D eigenvalue weighted by molar-refractivity contribution is 14.0. The molecule has 0 aliphatic heterocycles. The van der Waals surface area contributed by atoms with Crippen molar-refractivity contribution in [1.29, 1.82) is 0 Å². The molecule has 0 unspecified atom stereocenters. The van der Waals surface area contributed by atoms with Gasteiger partial charge in [-0.3, -0.25) is 4.99 Å². The van der Waals surface area contributed by atoms with E-state index in [-0.39, 0.29) is 24.0 Å².